The fourth-order valence-corrected chi connectivity index (χ4v) is 4.94. The van der Waals surface area contributed by atoms with E-state index in [9.17, 15) is 9.18 Å². The number of hydrogen-bond donors (Lipinski definition) is 0. The molecule has 4 aromatic rings. The summed E-state index contributed by atoms with van der Waals surface area (Å²) in [5.41, 5.74) is 4.48. The molecule has 29 heavy (non-hydrogen) atoms. The Kier molecular flexibility index (Phi) is 4.36. The number of nitrogens with zero attached hydrogens (tertiary/aromatic N) is 1. The molecule has 4 heteroatoms. The van der Waals surface area contributed by atoms with E-state index in [-0.39, 0.29) is 11.6 Å². The summed E-state index contributed by atoms with van der Waals surface area (Å²) in [5.74, 6) is -0.141. The zero-order valence-corrected chi connectivity index (χ0v) is 16.7. The zero-order chi connectivity index (χ0) is 20.0. The number of rotatable bonds is 3. The molecule has 0 saturated heterocycles. The predicted octanol–water partition coefficient (Wildman–Crippen LogP) is 6.47. The van der Waals surface area contributed by atoms with Crippen LogP contribution in [0.15, 0.2) is 82.6 Å². The standard InChI is InChI=1S/C25H18FNOS/c1-16-20(14-24-25(28)19-10-4-7-13-23(19)29-24)18-9-3-6-12-22(18)27(16)15-17-8-2-5-11-21(17)26/h2-14H,15H2,1H3/b24-14+. The molecule has 0 saturated carbocycles. The van der Waals surface area contributed by atoms with Crippen LogP contribution in [-0.4, -0.2) is 10.4 Å². The van der Waals surface area contributed by atoms with E-state index in [1.165, 1.54) is 17.8 Å². The second-order valence-electron chi connectivity index (χ2n) is 7.13. The van der Waals surface area contributed by atoms with Gasteiger partial charge in [0.2, 0.25) is 5.78 Å². The van der Waals surface area contributed by atoms with Crippen LogP contribution in [0.2, 0.25) is 0 Å². The normalized spacial score (nSPS) is 14.7. The summed E-state index contributed by atoms with van der Waals surface area (Å²) in [6, 6.07) is 22.7. The minimum absolute atomic E-state index is 0.0657. The molecule has 0 radical (unpaired) electrons. The van der Waals surface area contributed by atoms with Crippen molar-refractivity contribution >= 4 is 34.5 Å². The number of benzene rings is 3. The quantitative estimate of drug-likeness (QED) is 0.369. The highest BCUT2D eigenvalue weighted by molar-refractivity contribution is 8.04. The molecule has 0 N–H and O–H groups in total. The zero-order valence-electron chi connectivity index (χ0n) is 15.9. The molecule has 2 nitrogen and oxygen atoms in total. The van der Waals surface area contributed by atoms with Gasteiger partial charge in [0.25, 0.3) is 0 Å². The maximum absolute atomic E-state index is 14.3. The third-order valence-electron chi connectivity index (χ3n) is 5.42. The number of fused-ring (bicyclic) bond motifs is 2. The van der Waals surface area contributed by atoms with E-state index in [4.69, 9.17) is 0 Å². The van der Waals surface area contributed by atoms with Gasteiger partial charge in [0.1, 0.15) is 5.82 Å². The van der Waals surface area contributed by atoms with Crippen molar-refractivity contribution in [3.8, 4) is 0 Å². The first-order valence-corrected chi connectivity index (χ1v) is 10.3. The van der Waals surface area contributed by atoms with Crippen LogP contribution in [0.3, 0.4) is 0 Å². The number of hydrogen-bond acceptors (Lipinski definition) is 2. The van der Waals surface area contributed by atoms with E-state index in [1.807, 2.05) is 67.6 Å². The van der Waals surface area contributed by atoms with E-state index in [0.717, 1.165) is 37.5 Å². The molecule has 142 valence electrons. The van der Waals surface area contributed by atoms with Crippen LogP contribution >= 0.6 is 11.8 Å². The van der Waals surface area contributed by atoms with Gasteiger partial charge in [-0.25, -0.2) is 4.39 Å². The van der Waals surface area contributed by atoms with Gasteiger partial charge in [-0.1, -0.05) is 60.3 Å². The molecule has 0 fully saturated rings. The van der Waals surface area contributed by atoms with E-state index in [2.05, 4.69) is 10.6 Å². The molecule has 0 unspecified atom stereocenters. The van der Waals surface area contributed by atoms with Crippen molar-refractivity contribution < 1.29 is 9.18 Å². The molecule has 0 amide bonds. The first kappa shape index (κ1) is 18.0. The molecule has 1 aliphatic rings. The molecule has 1 aromatic heterocycles. The molecule has 3 aromatic carbocycles. The van der Waals surface area contributed by atoms with E-state index in [1.54, 1.807) is 6.07 Å². The van der Waals surface area contributed by atoms with Crippen LogP contribution in [0.5, 0.6) is 0 Å². The van der Waals surface area contributed by atoms with Crippen molar-refractivity contribution in [3.63, 3.8) is 0 Å². The topological polar surface area (TPSA) is 22.0 Å². The van der Waals surface area contributed by atoms with E-state index in [0.29, 0.717) is 12.1 Å². The van der Waals surface area contributed by atoms with Gasteiger partial charge in [-0.15, -0.1) is 0 Å². The van der Waals surface area contributed by atoms with Gasteiger partial charge in [0, 0.05) is 38.2 Å². The maximum Gasteiger partial charge on any atom is 0.200 e. The Labute approximate surface area is 172 Å². The third kappa shape index (κ3) is 3.00. The average molecular weight is 399 g/mol. The number of carbonyl (C=O) groups is 1. The molecular formula is C25H18FNOS. The van der Waals surface area contributed by atoms with Crippen molar-refractivity contribution in [2.45, 2.75) is 18.4 Å². The number of Topliss-reactive ketones (excluding diaryl/α,β-unsaturated/α-hetero) is 1. The number of thioether (sulfide) groups is 1. The summed E-state index contributed by atoms with van der Waals surface area (Å²) in [7, 11) is 0. The van der Waals surface area contributed by atoms with Crippen LogP contribution in [0.25, 0.3) is 17.0 Å². The Balaban J connectivity index is 1.64. The molecule has 0 bridgehead atoms. The Morgan fingerprint density at radius 1 is 0.966 bits per heavy atom. The summed E-state index contributed by atoms with van der Waals surface area (Å²) in [5, 5.41) is 1.07. The molecular weight excluding hydrogens is 381 g/mol. The molecule has 0 aliphatic carbocycles. The van der Waals surface area contributed by atoms with Crippen LogP contribution in [0.4, 0.5) is 4.39 Å². The van der Waals surface area contributed by atoms with Gasteiger partial charge >= 0.3 is 0 Å². The summed E-state index contributed by atoms with van der Waals surface area (Å²) in [6.07, 6.45) is 1.99. The summed E-state index contributed by atoms with van der Waals surface area (Å²) in [6.45, 7) is 2.48. The van der Waals surface area contributed by atoms with Crippen molar-refractivity contribution in [3.05, 3.63) is 106 Å². The van der Waals surface area contributed by atoms with Gasteiger partial charge in [0.05, 0.1) is 11.4 Å². The third-order valence-corrected chi connectivity index (χ3v) is 6.52. The van der Waals surface area contributed by atoms with E-state index >= 15 is 0 Å². The van der Waals surface area contributed by atoms with Crippen LogP contribution in [0, 0.1) is 12.7 Å². The number of para-hydroxylation sites is 1. The van der Waals surface area contributed by atoms with Crippen molar-refractivity contribution in [2.24, 2.45) is 0 Å². The van der Waals surface area contributed by atoms with Crippen LogP contribution < -0.4 is 0 Å². The summed E-state index contributed by atoms with van der Waals surface area (Å²) >= 11 is 1.51. The number of allylic oxidation sites excluding steroid dienone is 1. The maximum atomic E-state index is 14.3. The monoisotopic (exact) mass is 399 g/mol. The molecule has 1 aliphatic heterocycles. The van der Waals surface area contributed by atoms with Gasteiger partial charge in [-0.2, -0.15) is 0 Å². The first-order chi connectivity index (χ1) is 14.1. The highest BCUT2D eigenvalue weighted by Gasteiger charge is 2.26. The molecule has 0 atom stereocenters. The van der Waals surface area contributed by atoms with Crippen LogP contribution in [0.1, 0.15) is 27.2 Å². The highest BCUT2D eigenvalue weighted by Crippen LogP contribution is 2.42. The van der Waals surface area contributed by atoms with E-state index < -0.39 is 0 Å². The molecule has 5 rings (SSSR count). The van der Waals surface area contributed by atoms with Gasteiger partial charge in [-0.3, -0.25) is 4.79 Å². The van der Waals surface area contributed by atoms with Crippen LogP contribution in [-0.2, 0) is 6.54 Å². The second kappa shape index (κ2) is 7.05. The SMILES string of the molecule is Cc1c(/C=C2/Sc3ccccc3C2=O)c2ccccc2n1Cc1ccccc1F. The number of aromatic nitrogens is 1. The lowest BCUT2D eigenvalue weighted by atomic mass is 10.1. The second-order valence-corrected chi connectivity index (χ2v) is 8.21. The minimum Gasteiger partial charge on any atom is -0.340 e. The van der Waals surface area contributed by atoms with Crippen molar-refractivity contribution in [1.82, 2.24) is 4.57 Å². The Bertz CT molecular complexity index is 1300. The fraction of sp³-hybridized carbons (Fsp3) is 0.0800. The number of carbonyl (C=O) groups excluding carboxylic acids is 1. The lowest BCUT2D eigenvalue weighted by molar-refractivity contribution is 0.104. The lowest BCUT2D eigenvalue weighted by Gasteiger charge is -2.09. The first-order valence-electron chi connectivity index (χ1n) is 9.48. The minimum atomic E-state index is -0.207. The largest absolute Gasteiger partial charge is 0.340 e. The van der Waals surface area contributed by atoms with Crippen molar-refractivity contribution in [1.29, 1.82) is 0 Å². The highest BCUT2D eigenvalue weighted by atomic mass is 32.2. The fourth-order valence-electron chi connectivity index (χ4n) is 3.91. The number of halogens is 1. The summed E-state index contributed by atoms with van der Waals surface area (Å²) in [4.78, 5) is 14.6. The summed E-state index contributed by atoms with van der Waals surface area (Å²) < 4.78 is 16.4. The Morgan fingerprint density at radius 3 is 2.52 bits per heavy atom. The van der Waals surface area contributed by atoms with Gasteiger partial charge in [-0.05, 0) is 37.3 Å². The number of ketones is 1. The molecule has 2 heterocycles. The Hall–Kier alpha value is -3.11. The lowest BCUT2D eigenvalue weighted by Crippen LogP contribution is -2.04. The predicted molar refractivity (Wildman–Crippen MR) is 117 cm³/mol. The average Bonchev–Trinajstić information content (AvgIpc) is 3.20. The molecule has 0 spiro atoms. The Morgan fingerprint density at radius 2 is 1.69 bits per heavy atom. The van der Waals surface area contributed by atoms with Gasteiger partial charge in [0.15, 0.2) is 0 Å². The smallest absolute Gasteiger partial charge is 0.200 e. The van der Waals surface area contributed by atoms with Crippen molar-refractivity contribution in [2.75, 3.05) is 0 Å². The van der Waals surface area contributed by atoms with Gasteiger partial charge < -0.3 is 4.57 Å².